The molecule has 8 nitrogen and oxygen atoms in total. The lowest BCUT2D eigenvalue weighted by Gasteiger charge is -2.42. The molecule has 1 aliphatic rings. The minimum atomic E-state index is -0.432. The fraction of sp³-hybridized carbons (Fsp3) is 0.727. The summed E-state index contributed by atoms with van der Waals surface area (Å²) in [6.07, 6.45) is 1.59. The van der Waals surface area contributed by atoms with Gasteiger partial charge < -0.3 is 4.74 Å². The van der Waals surface area contributed by atoms with Gasteiger partial charge in [0.15, 0.2) is 5.69 Å². The molecule has 19 heavy (non-hydrogen) atoms. The first-order valence-corrected chi connectivity index (χ1v) is 6.27. The van der Waals surface area contributed by atoms with E-state index >= 15 is 0 Å². The summed E-state index contributed by atoms with van der Waals surface area (Å²) in [6, 6.07) is 0. The molecule has 0 unspecified atom stereocenters. The van der Waals surface area contributed by atoms with Gasteiger partial charge in [0.1, 0.15) is 0 Å². The number of hydrogen-bond donors (Lipinski definition) is 2. The van der Waals surface area contributed by atoms with Crippen LogP contribution in [0.25, 0.3) is 0 Å². The second kappa shape index (κ2) is 5.64. The van der Waals surface area contributed by atoms with Crippen LogP contribution in [0, 0.1) is 0 Å². The van der Waals surface area contributed by atoms with Crippen LogP contribution in [0.15, 0.2) is 6.20 Å². The first-order valence-electron chi connectivity index (χ1n) is 6.27. The molecule has 0 atom stereocenters. The zero-order valence-electron chi connectivity index (χ0n) is 11.3. The average Bonchev–Trinajstić information content (AvgIpc) is 2.85. The third-order valence-corrected chi connectivity index (χ3v) is 3.32. The minimum Gasteiger partial charge on any atom is -0.378 e. The van der Waals surface area contributed by atoms with Crippen LogP contribution < -0.4 is 11.3 Å². The molecule has 2 rings (SSSR count). The van der Waals surface area contributed by atoms with Gasteiger partial charge in [0, 0.05) is 18.6 Å². The van der Waals surface area contributed by atoms with Gasteiger partial charge in [0.05, 0.1) is 26.0 Å². The Morgan fingerprint density at radius 1 is 1.58 bits per heavy atom. The second-order valence-corrected chi connectivity index (χ2v) is 5.19. The zero-order chi connectivity index (χ0) is 13.9. The van der Waals surface area contributed by atoms with E-state index in [4.69, 9.17) is 10.6 Å². The molecule has 1 fully saturated rings. The molecule has 0 aromatic carbocycles. The van der Waals surface area contributed by atoms with Gasteiger partial charge in [-0.15, -0.1) is 5.10 Å². The minimum absolute atomic E-state index is 0.0241. The molecule has 8 heteroatoms. The van der Waals surface area contributed by atoms with Crippen molar-refractivity contribution in [1.82, 2.24) is 25.3 Å². The third-order valence-electron chi connectivity index (χ3n) is 3.32. The molecule has 0 bridgehead atoms. The SMILES string of the molecule is CC1(C)COCCN1CCn1cc(C(=O)NN)nn1. The highest BCUT2D eigenvalue weighted by Crippen LogP contribution is 2.18. The van der Waals surface area contributed by atoms with E-state index in [-0.39, 0.29) is 11.2 Å². The lowest BCUT2D eigenvalue weighted by molar-refractivity contribution is -0.0524. The first kappa shape index (κ1) is 13.9. The Hall–Kier alpha value is -1.51. The van der Waals surface area contributed by atoms with Crippen molar-refractivity contribution < 1.29 is 9.53 Å². The molecule has 1 aromatic heterocycles. The summed E-state index contributed by atoms with van der Waals surface area (Å²) in [7, 11) is 0. The number of nitrogens with one attached hydrogen (secondary N) is 1. The number of carbonyl (C=O) groups is 1. The van der Waals surface area contributed by atoms with Crippen LogP contribution in [0.2, 0.25) is 0 Å². The van der Waals surface area contributed by atoms with Crippen molar-refractivity contribution in [2.45, 2.75) is 25.9 Å². The molecule has 0 saturated carbocycles. The number of carbonyl (C=O) groups excluding carboxylic acids is 1. The summed E-state index contributed by atoms with van der Waals surface area (Å²) in [5.41, 5.74) is 2.28. The van der Waals surface area contributed by atoms with Crippen molar-refractivity contribution in [2.24, 2.45) is 5.84 Å². The molecule has 1 amide bonds. The number of morpholine rings is 1. The highest BCUT2D eigenvalue weighted by atomic mass is 16.5. The van der Waals surface area contributed by atoms with Gasteiger partial charge in [-0.3, -0.25) is 19.8 Å². The van der Waals surface area contributed by atoms with E-state index in [9.17, 15) is 4.79 Å². The molecule has 106 valence electrons. The molecule has 0 spiro atoms. The molecule has 0 radical (unpaired) electrons. The van der Waals surface area contributed by atoms with E-state index in [0.717, 1.165) is 26.3 Å². The van der Waals surface area contributed by atoms with Crippen LogP contribution in [0.5, 0.6) is 0 Å². The van der Waals surface area contributed by atoms with Crippen LogP contribution in [-0.4, -0.2) is 57.6 Å². The third kappa shape index (κ3) is 3.28. The van der Waals surface area contributed by atoms with Gasteiger partial charge in [-0.2, -0.15) is 0 Å². The van der Waals surface area contributed by atoms with Gasteiger partial charge >= 0.3 is 0 Å². The van der Waals surface area contributed by atoms with E-state index in [1.165, 1.54) is 0 Å². The summed E-state index contributed by atoms with van der Waals surface area (Å²) >= 11 is 0. The maximum atomic E-state index is 11.3. The summed E-state index contributed by atoms with van der Waals surface area (Å²) in [6.45, 7) is 8.20. The molecular weight excluding hydrogens is 248 g/mol. The molecule has 1 aliphatic heterocycles. The van der Waals surface area contributed by atoms with E-state index in [2.05, 4.69) is 29.1 Å². The molecule has 1 aromatic rings. The molecule has 2 heterocycles. The highest BCUT2D eigenvalue weighted by Gasteiger charge is 2.30. The van der Waals surface area contributed by atoms with Gasteiger partial charge in [-0.25, -0.2) is 5.84 Å². The number of nitrogens with two attached hydrogens (primary N) is 1. The van der Waals surface area contributed by atoms with Crippen LogP contribution in [0.3, 0.4) is 0 Å². The van der Waals surface area contributed by atoms with Gasteiger partial charge in [-0.05, 0) is 13.8 Å². The molecule has 1 saturated heterocycles. The predicted octanol–water partition coefficient (Wildman–Crippen LogP) is -1.01. The second-order valence-electron chi connectivity index (χ2n) is 5.19. The number of hydrazine groups is 1. The number of nitrogens with zero attached hydrogens (tertiary/aromatic N) is 4. The van der Waals surface area contributed by atoms with Crippen molar-refractivity contribution in [3.8, 4) is 0 Å². The summed E-state index contributed by atoms with van der Waals surface area (Å²) in [4.78, 5) is 13.6. The number of ether oxygens (including phenoxy) is 1. The largest absolute Gasteiger partial charge is 0.378 e. The topological polar surface area (TPSA) is 98.3 Å². The molecule has 0 aliphatic carbocycles. The molecule has 3 N–H and O–H groups in total. The van der Waals surface area contributed by atoms with Crippen LogP contribution >= 0.6 is 0 Å². The maximum Gasteiger partial charge on any atom is 0.287 e. The van der Waals surface area contributed by atoms with Crippen molar-refractivity contribution in [3.05, 3.63) is 11.9 Å². The van der Waals surface area contributed by atoms with Crippen LogP contribution in [-0.2, 0) is 11.3 Å². The predicted molar refractivity (Wildman–Crippen MR) is 68.1 cm³/mol. The van der Waals surface area contributed by atoms with E-state index < -0.39 is 5.91 Å². The maximum absolute atomic E-state index is 11.3. The number of hydrogen-bond acceptors (Lipinski definition) is 6. The number of rotatable bonds is 4. The average molecular weight is 268 g/mol. The van der Waals surface area contributed by atoms with Crippen molar-refractivity contribution in [3.63, 3.8) is 0 Å². The van der Waals surface area contributed by atoms with Gasteiger partial charge in [0.25, 0.3) is 5.91 Å². The lowest BCUT2D eigenvalue weighted by Crippen LogP contribution is -2.53. The summed E-state index contributed by atoms with van der Waals surface area (Å²) in [5.74, 6) is 4.61. The summed E-state index contributed by atoms with van der Waals surface area (Å²) < 4.78 is 7.12. The monoisotopic (exact) mass is 268 g/mol. The Morgan fingerprint density at radius 3 is 3.05 bits per heavy atom. The Kier molecular flexibility index (Phi) is 4.13. The Morgan fingerprint density at radius 2 is 2.37 bits per heavy atom. The smallest absolute Gasteiger partial charge is 0.287 e. The number of aromatic nitrogens is 3. The fourth-order valence-electron chi connectivity index (χ4n) is 2.11. The van der Waals surface area contributed by atoms with E-state index in [0.29, 0.717) is 6.54 Å². The quantitative estimate of drug-likeness (QED) is 0.412. The number of amides is 1. The summed E-state index contributed by atoms with van der Waals surface area (Å²) in [5, 5.41) is 7.67. The lowest BCUT2D eigenvalue weighted by atomic mass is 10.0. The fourth-order valence-corrected chi connectivity index (χ4v) is 2.11. The van der Waals surface area contributed by atoms with Gasteiger partial charge in [0.2, 0.25) is 0 Å². The first-order chi connectivity index (χ1) is 9.03. The van der Waals surface area contributed by atoms with Crippen molar-refractivity contribution in [2.75, 3.05) is 26.3 Å². The van der Waals surface area contributed by atoms with Crippen molar-refractivity contribution >= 4 is 5.91 Å². The highest BCUT2D eigenvalue weighted by molar-refractivity contribution is 5.91. The van der Waals surface area contributed by atoms with E-state index in [1.54, 1.807) is 10.9 Å². The Labute approximate surface area is 111 Å². The van der Waals surface area contributed by atoms with E-state index in [1.807, 2.05) is 5.43 Å². The van der Waals surface area contributed by atoms with Gasteiger partial charge in [-0.1, -0.05) is 5.21 Å². The molecular formula is C11H20N6O2. The van der Waals surface area contributed by atoms with Crippen LogP contribution in [0.1, 0.15) is 24.3 Å². The standard InChI is InChI=1S/C11H20N6O2/c1-11(2)8-19-6-5-16(11)3-4-17-7-9(14-15-17)10(18)13-12/h7H,3-6,8,12H2,1-2H3,(H,13,18). The normalized spacial score (nSPS) is 19.3. The Bertz CT molecular complexity index is 444. The Balaban J connectivity index is 1.91. The zero-order valence-corrected chi connectivity index (χ0v) is 11.3. The van der Waals surface area contributed by atoms with Crippen molar-refractivity contribution in [1.29, 1.82) is 0 Å². The number of nitrogen functional groups attached to an aromatic ring is 1. The van der Waals surface area contributed by atoms with Crippen LogP contribution in [0.4, 0.5) is 0 Å².